The molecule has 1 aromatic carbocycles. The number of amides is 3. The van der Waals surface area contributed by atoms with Gasteiger partial charge < -0.3 is 15.1 Å². The standard InChI is InChI=1S/C24H35N3O3/c1-18(2)17-21(28)25-22(24(30)26-13-7-4-8-14-26)19-11-15-27(16-12-19)23(29)20-9-5-3-6-10-20/h3,5-6,9-10,18-19,22H,4,7-8,11-17H2,1-2H3,(H,25,28)/t22-/m1/s1. The minimum absolute atomic E-state index is 0.0387. The molecule has 0 aliphatic carbocycles. The molecule has 1 N–H and O–H groups in total. The third-order valence-corrected chi connectivity index (χ3v) is 6.16. The number of hydrogen-bond acceptors (Lipinski definition) is 3. The molecule has 6 heteroatoms. The number of rotatable bonds is 6. The summed E-state index contributed by atoms with van der Waals surface area (Å²) in [5.74, 6) is 0.357. The number of likely N-dealkylation sites (tertiary alicyclic amines) is 2. The van der Waals surface area contributed by atoms with Crippen molar-refractivity contribution in [2.75, 3.05) is 26.2 Å². The molecule has 0 unspecified atom stereocenters. The van der Waals surface area contributed by atoms with E-state index in [-0.39, 0.29) is 29.6 Å². The van der Waals surface area contributed by atoms with E-state index in [2.05, 4.69) is 5.32 Å². The molecule has 1 atom stereocenters. The van der Waals surface area contributed by atoms with Crippen LogP contribution in [-0.4, -0.2) is 59.7 Å². The zero-order valence-electron chi connectivity index (χ0n) is 18.3. The summed E-state index contributed by atoms with van der Waals surface area (Å²) in [6.07, 6.45) is 5.10. The number of nitrogens with zero attached hydrogens (tertiary/aromatic N) is 2. The molecule has 3 amide bonds. The topological polar surface area (TPSA) is 69.7 Å². The Morgan fingerprint density at radius 3 is 2.17 bits per heavy atom. The predicted octanol–water partition coefficient (Wildman–Crippen LogP) is 3.08. The highest BCUT2D eigenvalue weighted by molar-refractivity contribution is 5.94. The molecular weight excluding hydrogens is 378 g/mol. The molecule has 0 aromatic heterocycles. The van der Waals surface area contributed by atoms with Gasteiger partial charge in [0, 0.05) is 38.2 Å². The van der Waals surface area contributed by atoms with Crippen molar-refractivity contribution in [3.05, 3.63) is 35.9 Å². The minimum Gasteiger partial charge on any atom is -0.344 e. The van der Waals surface area contributed by atoms with Gasteiger partial charge in [-0.15, -0.1) is 0 Å². The van der Waals surface area contributed by atoms with E-state index < -0.39 is 6.04 Å². The fourth-order valence-electron chi connectivity index (χ4n) is 4.49. The third kappa shape index (κ3) is 5.83. The maximum atomic E-state index is 13.3. The highest BCUT2D eigenvalue weighted by Gasteiger charge is 2.36. The lowest BCUT2D eigenvalue weighted by atomic mass is 9.87. The second-order valence-electron chi connectivity index (χ2n) is 9.02. The number of hydrogen-bond donors (Lipinski definition) is 1. The van der Waals surface area contributed by atoms with Gasteiger partial charge in [-0.25, -0.2) is 0 Å². The smallest absolute Gasteiger partial charge is 0.253 e. The first kappa shape index (κ1) is 22.3. The van der Waals surface area contributed by atoms with Crippen LogP contribution in [0.2, 0.25) is 0 Å². The van der Waals surface area contributed by atoms with E-state index in [9.17, 15) is 14.4 Å². The molecule has 1 aromatic rings. The van der Waals surface area contributed by atoms with Crippen molar-refractivity contribution in [2.24, 2.45) is 11.8 Å². The summed E-state index contributed by atoms with van der Waals surface area (Å²) in [5.41, 5.74) is 0.696. The van der Waals surface area contributed by atoms with E-state index in [1.165, 1.54) is 0 Å². The van der Waals surface area contributed by atoms with Gasteiger partial charge in [0.2, 0.25) is 11.8 Å². The summed E-state index contributed by atoms with van der Waals surface area (Å²) in [4.78, 5) is 42.3. The van der Waals surface area contributed by atoms with Gasteiger partial charge in [-0.3, -0.25) is 14.4 Å². The van der Waals surface area contributed by atoms with Gasteiger partial charge in [0.05, 0.1) is 0 Å². The molecule has 2 saturated heterocycles. The van der Waals surface area contributed by atoms with Crippen LogP contribution in [0.1, 0.15) is 62.7 Å². The molecule has 30 heavy (non-hydrogen) atoms. The van der Waals surface area contributed by atoms with Crippen molar-refractivity contribution in [2.45, 2.75) is 58.4 Å². The van der Waals surface area contributed by atoms with Gasteiger partial charge >= 0.3 is 0 Å². The van der Waals surface area contributed by atoms with E-state index in [1.54, 1.807) is 0 Å². The van der Waals surface area contributed by atoms with Crippen LogP contribution >= 0.6 is 0 Å². The number of carbonyl (C=O) groups is 3. The van der Waals surface area contributed by atoms with Crippen LogP contribution in [0.4, 0.5) is 0 Å². The molecule has 2 heterocycles. The van der Waals surface area contributed by atoms with Crippen molar-refractivity contribution >= 4 is 17.7 Å². The lowest BCUT2D eigenvalue weighted by molar-refractivity contribution is -0.139. The van der Waals surface area contributed by atoms with E-state index in [0.29, 0.717) is 25.1 Å². The van der Waals surface area contributed by atoms with Crippen LogP contribution in [0.15, 0.2) is 30.3 Å². The number of benzene rings is 1. The van der Waals surface area contributed by atoms with E-state index in [4.69, 9.17) is 0 Å². The fraction of sp³-hybridized carbons (Fsp3) is 0.625. The third-order valence-electron chi connectivity index (χ3n) is 6.16. The van der Waals surface area contributed by atoms with Gasteiger partial charge in [0.25, 0.3) is 5.91 Å². The first-order valence-electron chi connectivity index (χ1n) is 11.4. The number of nitrogens with one attached hydrogen (secondary N) is 1. The van der Waals surface area contributed by atoms with Crippen LogP contribution in [0.5, 0.6) is 0 Å². The Hall–Kier alpha value is -2.37. The van der Waals surface area contributed by atoms with Gasteiger partial charge in [-0.2, -0.15) is 0 Å². The molecule has 0 saturated carbocycles. The normalized spacial score (nSPS) is 18.9. The van der Waals surface area contributed by atoms with E-state index in [1.807, 2.05) is 54.0 Å². The Kier molecular flexibility index (Phi) is 7.88. The summed E-state index contributed by atoms with van der Waals surface area (Å²) in [6.45, 7) is 6.80. The zero-order valence-corrected chi connectivity index (χ0v) is 18.3. The first-order chi connectivity index (χ1) is 14.5. The zero-order chi connectivity index (χ0) is 21.5. The average Bonchev–Trinajstić information content (AvgIpc) is 2.77. The largest absolute Gasteiger partial charge is 0.344 e. The van der Waals surface area contributed by atoms with Crippen LogP contribution in [-0.2, 0) is 9.59 Å². The highest BCUT2D eigenvalue weighted by Crippen LogP contribution is 2.25. The van der Waals surface area contributed by atoms with E-state index >= 15 is 0 Å². The quantitative estimate of drug-likeness (QED) is 0.779. The van der Waals surface area contributed by atoms with Gasteiger partial charge in [0.1, 0.15) is 6.04 Å². The maximum absolute atomic E-state index is 13.3. The van der Waals surface area contributed by atoms with Gasteiger partial charge in [0.15, 0.2) is 0 Å². The van der Waals surface area contributed by atoms with Crippen LogP contribution < -0.4 is 5.32 Å². The summed E-state index contributed by atoms with van der Waals surface area (Å²) < 4.78 is 0. The molecule has 6 nitrogen and oxygen atoms in total. The predicted molar refractivity (Wildman–Crippen MR) is 117 cm³/mol. The second kappa shape index (κ2) is 10.6. The molecule has 2 aliphatic rings. The first-order valence-corrected chi connectivity index (χ1v) is 11.4. The summed E-state index contributed by atoms with van der Waals surface area (Å²) in [5, 5.41) is 3.06. The number of carbonyl (C=O) groups excluding carboxylic acids is 3. The summed E-state index contributed by atoms with van der Waals surface area (Å²) in [6, 6.07) is 8.84. The van der Waals surface area contributed by atoms with Crippen molar-refractivity contribution < 1.29 is 14.4 Å². The Morgan fingerprint density at radius 1 is 0.933 bits per heavy atom. The summed E-state index contributed by atoms with van der Waals surface area (Å²) >= 11 is 0. The Balaban J connectivity index is 1.65. The SMILES string of the molecule is CC(C)CC(=O)N[C@@H](C(=O)N1CCCCC1)C1CCN(C(=O)c2ccccc2)CC1. The monoisotopic (exact) mass is 413 g/mol. The van der Waals surface area contributed by atoms with Gasteiger partial charge in [-0.05, 0) is 56.1 Å². The molecule has 0 radical (unpaired) electrons. The fourth-order valence-corrected chi connectivity index (χ4v) is 4.49. The Morgan fingerprint density at radius 2 is 1.57 bits per heavy atom. The second-order valence-corrected chi connectivity index (χ2v) is 9.02. The molecule has 0 spiro atoms. The van der Waals surface area contributed by atoms with Crippen molar-refractivity contribution in [3.63, 3.8) is 0 Å². The van der Waals surface area contributed by atoms with E-state index in [0.717, 1.165) is 45.2 Å². The highest BCUT2D eigenvalue weighted by atomic mass is 16.2. The van der Waals surface area contributed by atoms with Crippen LogP contribution in [0, 0.1) is 11.8 Å². The minimum atomic E-state index is -0.483. The molecule has 2 fully saturated rings. The van der Waals surface area contributed by atoms with Crippen molar-refractivity contribution in [1.82, 2.24) is 15.1 Å². The van der Waals surface area contributed by atoms with Crippen molar-refractivity contribution in [3.8, 4) is 0 Å². The van der Waals surface area contributed by atoms with Crippen molar-refractivity contribution in [1.29, 1.82) is 0 Å². The molecular formula is C24H35N3O3. The Labute approximate surface area is 180 Å². The Bertz CT molecular complexity index is 720. The molecule has 2 aliphatic heterocycles. The lowest BCUT2D eigenvalue weighted by Crippen LogP contribution is -2.55. The lowest BCUT2D eigenvalue weighted by Gasteiger charge is -2.38. The average molecular weight is 414 g/mol. The molecule has 3 rings (SSSR count). The number of piperidine rings is 2. The molecule has 164 valence electrons. The summed E-state index contributed by atoms with van der Waals surface area (Å²) in [7, 11) is 0. The maximum Gasteiger partial charge on any atom is 0.253 e. The van der Waals surface area contributed by atoms with Gasteiger partial charge in [-0.1, -0.05) is 32.0 Å². The van der Waals surface area contributed by atoms with Crippen LogP contribution in [0.25, 0.3) is 0 Å². The molecule has 0 bridgehead atoms. The van der Waals surface area contributed by atoms with Crippen LogP contribution in [0.3, 0.4) is 0 Å².